The van der Waals surface area contributed by atoms with E-state index in [0.29, 0.717) is 32.7 Å². The van der Waals surface area contributed by atoms with E-state index in [1.54, 1.807) is 17.0 Å². The number of benzene rings is 1. The van der Waals surface area contributed by atoms with Gasteiger partial charge in [0, 0.05) is 37.6 Å². The summed E-state index contributed by atoms with van der Waals surface area (Å²) in [5.41, 5.74) is 1.01. The van der Waals surface area contributed by atoms with Gasteiger partial charge in [-0.15, -0.1) is 11.3 Å². The van der Waals surface area contributed by atoms with Crippen molar-refractivity contribution >= 4 is 34.8 Å². The van der Waals surface area contributed by atoms with Crippen molar-refractivity contribution in [2.75, 3.05) is 19.6 Å². The zero-order chi connectivity index (χ0) is 20.9. The summed E-state index contributed by atoms with van der Waals surface area (Å²) >= 11 is 7.58. The lowest BCUT2D eigenvalue weighted by Gasteiger charge is -2.40. The fourth-order valence-electron chi connectivity index (χ4n) is 3.55. The molecule has 1 aliphatic heterocycles. The molecule has 8 heteroatoms. The lowest BCUT2D eigenvalue weighted by molar-refractivity contribution is -0.128. The summed E-state index contributed by atoms with van der Waals surface area (Å²) in [6.07, 6.45) is 1.47. The topological polar surface area (TPSA) is 65.8 Å². The third-order valence-corrected chi connectivity index (χ3v) is 6.29. The van der Waals surface area contributed by atoms with Crippen LogP contribution in [0.4, 0.5) is 0 Å². The molecule has 4 rings (SSSR count). The van der Waals surface area contributed by atoms with Crippen molar-refractivity contribution in [2.24, 2.45) is 0 Å². The van der Waals surface area contributed by atoms with Crippen LogP contribution in [-0.2, 0) is 17.9 Å². The molecule has 2 amide bonds. The summed E-state index contributed by atoms with van der Waals surface area (Å²) in [6.45, 7) is 2.68. The van der Waals surface area contributed by atoms with Crippen molar-refractivity contribution < 1.29 is 14.0 Å². The SMILES string of the molecule is O=C(NCc1ccccc1)C1CN(Cc2ccc(Cl)s2)CCN1C(=O)c1ccco1. The second kappa shape index (κ2) is 9.47. The summed E-state index contributed by atoms with van der Waals surface area (Å²) < 4.78 is 6.03. The Morgan fingerprint density at radius 2 is 1.93 bits per heavy atom. The molecule has 0 saturated carbocycles. The number of thiophene rings is 1. The van der Waals surface area contributed by atoms with Crippen LogP contribution < -0.4 is 5.32 Å². The maximum Gasteiger partial charge on any atom is 0.290 e. The summed E-state index contributed by atoms with van der Waals surface area (Å²) in [5.74, 6) is -0.194. The number of carbonyl (C=O) groups excluding carboxylic acids is 2. The molecule has 1 fully saturated rings. The summed E-state index contributed by atoms with van der Waals surface area (Å²) in [7, 11) is 0. The lowest BCUT2D eigenvalue weighted by Crippen LogP contribution is -2.60. The third-order valence-electron chi connectivity index (χ3n) is 5.08. The van der Waals surface area contributed by atoms with Crippen molar-refractivity contribution in [1.29, 1.82) is 0 Å². The van der Waals surface area contributed by atoms with Crippen molar-refractivity contribution in [3.05, 3.63) is 81.4 Å². The fourth-order valence-corrected chi connectivity index (χ4v) is 4.68. The molecule has 1 saturated heterocycles. The zero-order valence-electron chi connectivity index (χ0n) is 16.3. The Morgan fingerprint density at radius 3 is 2.63 bits per heavy atom. The van der Waals surface area contributed by atoms with Crippen LogP contribution in [0.1, 0.15) is 21.0 Å². The number of hydrogen-bond donors (Lipinski definition) is 1. The molecule has 1 N–H and O–H groups in total. The Morgan fingerprint density at radius 1 is 1.10 bits per heavy atom. The summed E-state index contributed by atoms with van der Waals surface area (Å²) in [4.78, 5) is 30.9. The highest BCUT2D eigenvalue weighted by Crippen LogP contribution is 2.24. The van der Waals surface area contributed by atoms with Crippen LogP contribution in [0, 0.1) is 0 Å². The molecule has 0 aliphatic carbocycles. The number of halogens is 1. The molecule has 0 bridgehead atoms. The molecule has 30 heavy (non-hydrogen) atoms. The van der Waals surface area contributed by atoms with Crippen LogP contribution in [-0.4, -0.2) is 47.3 Å². The number of furan rings is 1. The number of piperazine rings is 1. The Kier molecular flexibility index (Phi) is 6.52. The van der Waals surface area contributed by atoms with E-state index in [0.717, 1.165) is 14.8 Å². The molecule has 156 valence electrons. The first-order valence-corrected chi connectivity index (χ1v) is 10.9. The van der Waals surface area contributed by atoms with Gasteiger partial charge in [-0.05, 0) is 29.8 Å². The van der Waals surface area contributed by atoms with E-state index in [1.165, 1.54) is 17.6 Å². The van der Waals surface area contributed by atoms with E-state index in [4.69, 9.17) is 16.0 Å². The van der Waals surface area contributed by atoms with Gasteiger partial charge in [0.25, 0.3) is 5.91 Å². The van der Waals surface area contributed by atoms with Gasteiger partial charge in [-0.1, -0.05) is 41.9 Å². The van der Waals surface area contributed by atoms with Gasteiger partial charge in [-0.25, -0.2) is 0 Å². The standard InChI is InChI=1S/C22H22ClN3O3S/c23-20-9-8-17(30-20)14-25-10-11-26(22(28)19-7-4-12-29-19)18(15-25)21(27)24-13-16-5-2-1-3-6-16/h1-9,12,18H,10-11,13-15H2,(H,24,27). The van der Waals surface area contributed by atoms with Crippen molar-refractivity contribution in [2.45, 2.75) is 19.1 Å². The second-order valence-corrected chi connectivity index (χ2v) is 8.94. The molecule has 3 aromatic rings. The first-order chi connectivity index (χ1) is 14.6. The van der Waals surface area contributed by atoms with E-state index < -0.39 is 6.04 Å². The highest BCUT2D eigenvalue weighted by Gasteiger charge is 2.36. The van der Waals surface area contributed by atoms with E-state index in [-0.39, 0.29) is 17.6 Å². The molecule has 0 radical (unpaired) electrons. The van der Waals surface area contributed by atoms with Crippen LogP contribution in [0.2, 0.25) is 4.34 Å². The average Bonchev–Trinajstić information content (AvgIpc) is 3.44. The molecular formula is C22H22ClN3O3S. The van der Waals surface area contributed by atoms with Gasteiger partial charge in [-0.3, -0.25) is 14.5 Å². The molecular weight excluding hydrogens is 422 g/mol. The summed E-state index contributed by atoms with van der Waals surface area (Å²) in [6, 6.07) is 16.3. The summed E-state index contributed by atoms with van der Waals surface area (Å²) in [5, 5.41) is 2.98. The van der Waals surface area contributed by atoms with Crippen LogP contribution in [0.15, 0.2) is 65.3 Å². The number of nitrogens with zero attached hydrogens (tertiary/aromatic N) is 2. The van der Waals surface area contributed by atoms with Crippen molar-refractivity contribution in [3.8, 4) is 0 Å². The average molecular weight is 444 g/mol. The smallest absolute Gasteiger partial charge is 0.290 e. The molecule has 6 nitrogen and oxygen atoms in total. The van der Waals surface area contributed by atoms with Crippen LogP contribution in [0.3, 0.4) is 0 Å². The molecule has 1 atom stereocenters. The monoisotopic (exact) mass is 443 g/mol. The molecule has 1 unspecified atom stereocenters. The maximum atomic E-state index is 13.1. The van der Waals surface area contributed by atoms with E-state index >= 15 is 0 Å². The number of amides is 2. The fraction of sp³-hybridized carbons (Fsp3) is 0.273. The predicted molar refractivity (Wildman–Crippen MR) is 116 cm³/mol. The maximum absolute atomic E-state index is 13.1. The highest BCUT2D eigenvalue weighted by molar-refractivity contribution is 7.16. The first kappa shape index (κ1) is 20.7. The van der Waals surface area contributed by atoms with Crippen LogP contribution >= 0.6 is 22.9 Å². The minimum absolute atomic E-state index is 0.173. The van der Waals surface area contributed by atoms with Gasteiger partial charge in [0.2, 0.25) is 5.91 Å². The lowest BCUT2D eigenvalue weighted by atomic mass is 10.1. The first-order valence-electron chi connectivity index (χ1n) is 9.73. The van der Waals surface area contributed by atoms with Gasteiger partial charge in [-0.2, -0.15) is 0 Å². The van der Waals surface area contributed by atoms with Gasteiger partial charge in [0.15, 0.2) is 5.76 Å². The molecule has 1 aliphatic rings. The number of hydrogen-bond acceptors (Lipinski definition) is 5. The predicted octanol–water partition coefficient (Wildman–Crippen LogP) is 3.64. The van der Waals surface area contributed by atoms with Crippen molar-refractivity contribution in [3.63, 3.8) is 0 Å². The number of nitrogens with one attached hydrogen (secondary N) is 1. The Bertz CT molecular complexity index is 990. The second-order valence-electron chi connectivity index (χ2n) is 7.14. The minimum Gasteiger partial charge on any atom is -0.459 e. The van der Waals surface area contributed by atoms with Gasteiger partial charge < -0.3 is 14.6 Å². The quantitative estimate of drug-likeness (QED) is 0.631. The Labute approximate surface area is 184 Å². The number of carbonyl (C=O) groups is 2. The van der Waals surface area contributed by atoms with Crippen LogP contribution in [0.5, 0.6) is 0 Å². The molecule has 3 heterocycles. The van der Waals surface area contributed by atoms with Gasteiger partial charge >= 0.3 is 0 Å². The minimum atomic E-state index is -0.601. The van der Waals surface area contributed by atoms with E-state index in [1.807, 2.05) is 42.5 Å². The van der Waals surface area contributed by atoms with E-state index in [2.05, 4.69) is 10.2 Å². The Balaban J connectivity index is 1.48. The van der Waals surface area contributed by atoms with Gasteiger partial charge in [0.1, 0.15) is 6.04 Å². The third kappa shape index (κ3) is 4.92. The molecule has 0 spiro atoms. The van der Waals surface area contributed by atoms with Crippen molar-refractivity contribution in [1.82, 2.24) is 15.1 Å². The molecule has 1 aromatic carbocycles. The molecule has 2 aromatic heterocycles. The normalized spacial score (nSPS) is 17.1. The zero-order valence-corrected chi connectivity index (χ0v) is 17.9. The van der Waals surface area contributed by atoms with E-state index in [9.17, 15) is 9.59 Å². The van der Waals surface area contributed by atoms with Crippen LogP contribution in [0.25, 0.3) is 0 Å². The van der Waals surface area contributed by atoms with Gasteiger partial charge in [0.05, 0.1) is 10.6 Å². The number of rotatable bonds is 6. The Hall–Kier alpha value is -2.61. The largest absolute Gasteiger partial charge is 0.459 e. The highest BCUT2D eigenvalue weighted by atomic mass is 35.5.